The maximum Gasteiger partial charge on any atom is 0.0422 e. The highest BCUT2D eigenvalue weighted by Gasteiger charge is 2.25. The number of rotatable bonds is 2. The van der Waals surface area contributed by atoms with Gasteiger partial charge in [0.2, 0.25) is 0 Å². The Morgan fingerprint density at radius 3 is 2.55 bits per heavy atom. The molecule has 0 saturated heterocycles. The fraction of sp³-hybridized carbons (Fsp3) is 0.444. The lowest BCUT2D eigenvalue weighted by atomic mass is 9.80. The minimum atomic E-state index is 0.600. The van der Waals surface area contributed by atoms with Crippen molar-refractivity contribution in [1.29, 1.82) is 0 Å². The predicted octanol–water partition coefficient (Wildman–Crippen LogP) is 5.84. The molecule has 1 nitrogen and oxygen atoms in total. The van der Waals surface area contributed by atoms with E-state index in [0.717, 1.165) is 11.8 Å². The molecule has 1 fully saturated rings. The molecule has 3 atom stereocenters. The standard InChI is InChI=1S/C18H22BrN/c1-12-7-8-13(2)18(11-12)20-17-10-9-16(19)14-5-3-4-6-15(14)17/h3-6,9-10,12-13,18,20H,7-8,11H2,1-2H3. The van der Waals surface area contributed by atoms with Gasteiger partial charge in [0.25, 0.3) is 0 Å². The van der Waals surface area contributed by atoms with Gasteiger partial charge < -0.3 is 5.32 Å². The summed E-state index contributed by atoms with van der Waals surface area (Å²) in [7, 11) is 0. The van der Waals surface area contributed by atoms with Gasteiger partial charge in [0.1, 0.15) is 0 Å². The average molecular weight is 332 g/mol. The topological polar surface area (TPSA) is 12.0 Å². The Hall–Kier alpha value is -1.02. The Bertz CT molecular complexity index is 607. The quantitative estimate of drug-likeness (QED) is 0.728. The van der Waals surface area contributed by atoms with Crippen LogP contribution in [0.5, 0.6) is 0 Å². The molecule has 106 valence electrons. The monoisotopic (exact) mass is 331 g/mol. The van der Waals surface area contributed by atoms with E-state index < -0.39 is 0 Å². The Balaban J connectivity index is 1.93. The molecule has 0 radical (unpaired) electrons. The molecule has 0 aromatic heterocycles. The molecular weight excluding hydrogens is 310 g/mol. The van der Waals surface area contributed by atoms with Crippen molar-refractivity contribution < 1.29 is 0 Å². The van der Waals surface area contributed by atoms with Crippen molar-refractivity contribution in [2.45, 2.75) is 39.2 Å². The van der Waals surface area contributed by atoms with E-state index in [9.17, 15) is 0 Å². The molecule has 1 saturated carbocycles. The van der Waals surface area contributed by atoms with Crippen LogP contribution in [0.25, 0.3) is 10.8 Å². The van der Waals surface area contributed by atoms with Crippen LogP contribution in [0, 0.1) is 11.8 Å². The van der Waals surface area contributed by atoms with Gasteiger partial charge in [0.15, 0.2) is 0 Å². The molecule has 0 spiro atoms. The number of anilines is 1. The molecule has 3 unspecified atom stereocenters. The van der Waals surface area contributed by atoms with Crippen molar-refractivity contribution in [3.05, 3.63) is 40.9 Å². The average Bonchev–Trinajstić information content (AvgIpc) is 2.46. The van der Waals surface area contributed by atoms with Crippen LogP contribution in [0.2, 0.25) is 0 Å². The minimum Gasteiger partial charge on any atom is -0.382 e. The Morgan fingerprint density at radius 2 is 1.75 bits per heavy atom. The molecule has 2 heteroatoms. The van der Waals surface area contributed by atoms with Crippen LogP contribution in [0.4, 0.5) is 5.69 Å². The van der Waals surface area contributed by atoms with Gasteiger partial charge in [-0.25, -0.2) is 0 Å². The van der Waals surface area contributed by atoms with Gasteiger partial charge in [0, 0.05) is 21.6 Å². The summed E-state index contributed by atoms with van der Waals surface area (Å²) in [6, 6.07) is 13.6. The molecule has 3 rings (SSSR count). The summed E-state index contributed by atoms with van der Waals surface area (Å²) in [6.07, 6.45) is 4.00. The smallest absolute Gasteiger partial charge is 0.0422 e. The number of halogens is 1. The number of benzene rings is 2. The van der Waals surface area contributed by atoms with Gasteiger partial charge in [-0.1, -0.05) is 60.5 Å². The zero-order valence-corrected chi connectivity index (χ0v) is 13.8. The molecule has 1 aliphatic rings. The van der Waals surface area contributed by atoms with Crippen molar-refractivity contribution in [3.63, 3.8) is 0 Å². The van der Waals surface area contributed by atoms with E-state index >= 15 is 0 Å². The summed E-state index contributed by atoms with van der Waals surface area (Å²) in [5.41, 5.74) is 1.27. The normalized spacial score (nSPS) is 26.6. The first-order chi connectivity index (χ1) is 9.65. The van der Waals surface area contributed by atoms with Crippen LogP contribution in [0.15, 0.2) is 40.9 Å². The molecule has 20 heavy (non-hydrogen) atoms. The van der Waals surface area contributed by atoms with E-state index in [-0.39, 0.29) is 0 Å². The fourth-order valence-corrected chi connectivity index (χ4v) is 3.80. The lowest BCUT2D eigenvalue weighted by molar-refractivity contribution is 0.281. The van der Waals surface area contributed by atoms with Gasteiger partial charge in [-0.3, -0.25) is 0 Å². The molecule has 0 aliphatic heterocycles. The summed E-state index contributed by atoms with van der Waals surface area (Å²) in [4.78, 5) is 0. The lowest BCUT2D eigenvalue weighted by Crippen LogP contribution is -2.33. The van der Waals surface area contributed by atoms with Crippen LogP contribution < -0.4 is 5.32 Å². The highest BCUT2D eigenvalue weighted by molar-refractivity contribution is 9.10. The lowest BCUT2D eigenvalue weighted by Gasteiger charge is -2.34. The van der Waals surface area contributed by atoms with Crippen molar-refractivity contribution in [1.82, 2.24) is 0 Å². The van der Waals surface area contributed by atoms with Crippen molar-refractivity contribution in [3.8, 4) is 0 Å². The van der Waals surface area contributed by atoms with Crippen molar-refractivity contribution in [2.75, 3.05) is 5.32 Å². The van der Waals surface area contributed by atoms with Gasteiger partial charge in [-0.2, -0.15) is 0 Å². The Morgan fingerprint density at radius 1 is 1.00 bits per heavy atom. The predicted molar refractivity (Wildman–Crippen MR) is 91.2 cm³/mol. The van der Waals surface area contributed by atoms with Crippen LogP contribution in [-0.4, -0.2) is 6.04 Å². The summed E-state index contributed by atoms with van der Waals surface area (Å²) in [6.45, 7) is 4.75. The maximum absolute atomic E-state index is 3.81. The van der Waals surface area contributed by atoms with Gasteiger partial charge >= 0.3 is 0 Å². The van der Waals surface area contributed by atoms with E-state index in [0.29, 0.717) is 6.04 Å². The first-order valence-electron chi connectivity index (χ1n) is 7.59. The molecule has 2 aromatic rings. The molecule has 1 aliphatic carbocycles. The van der Waals surface area contributed by atoms with E-state index in [4.69, 9.17) is 0 Å². The molecule has 0 amide bonds. The van der Waals surface area contributed by atoms with Crippen LogP contribution in [0.1, 0.15) is 33.1 Å². The second-order valence-corrected chi connectivity index (χ2v) is 7.14. The fourth-order valence-electron chi connectivity index (χ4n) is 3.32. The largest absolute Gasteiger partial charge is 0.382 e. The molecule has 0 bridgehead atoms. The van der Waals surface area contributed by atoms with Crippen molar-refractivity contribution >= 4 is 32.4 Å². The third-order valence-corrected chi connectivity index (χ3v) is 5.36. The van der Waals surface area contributed by atoms with Gasteiger partial charge in [-0.05, 0) is 42.2 Å². The van der Waals surface area contributed by atoms with E-state index in [1.807, 2.05) is 0 Å². The van der Waals surface area contributed by atoms with Crippen molar-refractivity contribution in [2.24, 2.45) is 11.8 Å². The zero-order valence-electron chi connectivity index (χ0n) is 12.2. The highest BCUT2D eigenvalue weighted by Crippen LogP contribution is 2.34. The first-order valence-corrected chi connectivity index (χ1v) is 8.38. The summed E-state index contributed by atoms with van der Waals surface area (Å²) in [5.74, 6) is 1.60. The third kappa shape index (κ3) is 2.71. The number of nitrogens with one attached hydrogen (secondary N) is 1. The molecular formula is C18H22BrN. The molecule has 1 N–H and O–H groups in total. The Labute approximate surface area is 129 Å². The summed E-state index contributed by atoms with van der Waals surface area (Å²) < 4.78 is 1.17. The van der Waals surface area contributed by atoms with E-state index in [2.05, 4.69) is 71.5 Å². The molecule has 2 aromatic carbocycles. The number of hydrogen-bond donors (Lipinski definition) is 1. The first kappa shape index (κ1) is 13.9. The maximum atomic E-state index is 3.81. The van der Waals surface area contributed by atoms with Crippen LogP contribution >= 0.6 is 15.9 Å². The Kier molecular flexibility index (Phi) is 4.02. The second-order valence-electron chi connectivity index (χ2n) is 6.29. The zero-order chi connectivity index (χ0) is 14.1. The summed E-state index contributed by atoms with van der Waals surface area (Å²) >= 11 is 3.65. The number of fused-ring (bicyclic) bond motifs is 1. The van der Waals surface area contributed by atoms with E-state index in [1.165, 1.54) is 40.2 Å². The van der Waals surface area contributed by atoms with Crippen LogP contribution in [0.3, 0.4) is 0 Å². The summed E-state index contributed by atoms with van der Waals surface area (Å²) in [5, 5.41) is 6.41. The SMILES string of the molecule is CC1CCC(C)C(Nc2ccc(Br)c3ccccc23)C1. The van der Waals surface area contributed by atoms with E-state index in [1.54, 1.807) is 0 Å². The molecule has 0 heterocycles. The second kappa shape index (κ2) is 5.77. The number of hydrogen-bond acceptors (Lipinski definition) is 1. The third-order valence-electron chi connectivity index (χ3n) is 4.67. The van der Waals surface area contributed by atoms with Gasteiger partial charge in [0.05, 0.1) is 0 Å². The highest BCUT2D eigenvalue weighted by atomic mass is 79.9. The van der Waals surface area contributed by atoms with Crippen LogP contribution in [-0.2, 0) is 0 Å². The minimum absolute atomic E-state index is 0.600. The van der Waals surface area contributed by atoms with Gasteiger partial charge in [-0.15, -0.1) is 0 Å².